The average Bonchev–Trinajstić information content (AvgIpc) is 2.56. The lowest BCUT2D eigenvalue weighted by molar-refractivity contribution is 0.681. The Morgan fingerprint density at radius 3 is 2.33 bits per heavy atom. The van der Waals surface area contributed by atoms with Gasteiger partial charge in [0.05, 0.1) is 6.04 Å². The molecule has 0 aliphatic heterocycles. The van der Waals surface area contributed by atoms with Crippen molar-refractivity contribution in [2.24, 2.45) is 0 Å². The fourth-order valence-corrected chi connectivity index (χ4v) is 3.43. The van der Waals surface area contributed by atoms with E-state index in [9.17, 15) is 0 Å². The molecule has 0 bridgehead atoms. The normalized spacial score (nSPS) is 12.5. The van der Waals surface area contributed by atoms with E-state index in [1.807, 2.05) is 7.05 Å². The molecule has 3 aromatic carbocycles. The highest BCUT2D eigenvalue weighted by Crippen LogP contribution is 2.31. The van der Waals surface area contributed by atoms with Crippen LogP contribution in [-0.4, -0.2) is 13.3 Å². The number of hydrogen-bond acceptors (Lipinski definition) is 2. The Morgan fingerprint density at radius 2 is 1.57 bits per heavy atom. The monoisotopic (exact) mass is 293 g/mol. The van der Waals surface area contributed by atoms with Crippen LogP contribution in [0.3, 0.4) is 0 Å². The zero-order valence-electron chi connectivity index (χ0n) is 12.3. The first-order valence-electron chi connectivity index (χ1n) is 7.12. The minimum Gasteiger partial charge on any atom is -0.309 e. The molecule has 1 nitrogen and oxygen atoms in total. The molecule has 2 heteroatoms. The first-order chi connectivity index (χ1) is 10.3. The van der Waals surface area contributed by atoms with Gasteiger partial charge in [-0.15, -0.1) is 11.8 Å². The van der Waals surface area contributed by atoms with Gasteiger partial charge in [-0.1, -0.05) is 54.6 Å². The van der Waals surface area contributed by atoms with E-state index >= 15 is 0 Å². The first-order valence-corrected chi connectivity index (χ1v) is 8.35. The molecule has 0 aliphatic carbocycles. The molecule has 0 heterocycles. The molecule has 3 aromatic rings. The summed E-state index contributed by atoms with van der Waals surface area (Å²) in [5.41, 5.74) is 2.64. The van der Waals surface area contributed by atoms with Gasteiger partial charge in [0, 0.05) is 4.90 Å². The van der Waals surface area contributed by atoms with E-state index in [2.05, 4.69) is 78.3 Å². The Labute approximate surface area is 130 Å². The molecule has 0 saturated heterocycles. The summed E-state index contributed by atoms with van der Waals surface area (Å²) in [7, 11) is 2.02. The van der Waals surface area contributed by atoms with Gasteiger partial charge in [-0.05, 0) is 47.3 Å². The summed E-state index contributed by atoms with van der Waals surface area (Å²) < 4.78 is 0. The Morgan fingerprint density at radius 1 is 0.857 bits per heavy atom. The second-order valence-electron chi connectivity index (χ2n) is 5.07. The zero-order chi connectivity index (χ0) is 14.7. The molecule has 0 radical (unpaired) electrons. The van der Waals surface area contributed by atoms with Crippen molar-refractivity contribution in [3.8, 4) is 0 Å². The third-order valence-electron chi connectivity index (χ3n) is 3.85. The summed E-state index contributed by atoms with van der Waals surface area (Å²) in [6.45, 7) is 0. The van der Waals surface area contributed by atoms with Crippen LogP contribution in [0.1, 0.15) is 17.2 Å². The fourth-order valence-electron chi connectivity index (χ4n) is 2.79. The number of rotatable bonds is 4. The summed E-state index contributed by atoms with van der Waals surface area (Å²) >= 11 is 1.80. The maximum Gasteiger partial charge on any atom is 0.0585 e. The van der Waals surface area contributed by atoms with Crippen molar-refractivity contribution >= 4 is 22.5 Å². The third kappa shape index (κ3) is 2.82. The number of hydrogen-bond donors (Lipinski definition) is 1. The summed E-state index contributed by atoms with van der Waals surface area (Å²) in [5.74, 6) is 0. The van der Waals surface area contributed by atoms with Crippen LogP contribution in [0.5, 0.6) is 0 Å². The fraction of sp³-hybridized carbons (Fsp3) is 0.158. The summed E-state index contributed by atoms with van der Waals surface area (Å²) in [4.78, 5) is 1.32. The maximum atomic E-state index is 3.46. The minimum atomic E-state index is 0.221. The van der Waals surface area contributed by atoms with Crippen LogP contribution in [0, 0.1) is 0 Å². The smallest absolute Gasteiger partial charge is 0.0585 e. The highest BCUT2D eigenvalue weighted by atomic mass is 32.2. The quantitative estimate of drug-likeness (QED) is 0.689. The highest BCUT2D eigenvalue weighted by Gasteiger charge is 2.15. The van der Waals surface area contributed by atoms with Gasteiger partial charge in [0.2, 0.25) is 0 Å². The molecule has 1 atom stereocenters. The third-order valence-corrected chi connectivity index (χ3v) is 4.66. The summed E-state index contributed by atoms with van der Waals surface area (Å²) in [6, 6.07) is 24.0. The molecule has 1 N–H and O–H groups in total. The number of thioether (sulfide) groups is 1. The van der Waals surface area contributed by atoms with Gasteiger partial charge in [-0.25, -0.2) is 0 Å². The van der Waals surface area contributed by atoms with Crippen molar-refractivity contribution in [1.82, 2.24) is 5.32 Å². The lowest BCUT2D eigenvalue weighted by atomic mass is 9.96. The van der Waals surface area contributed by atoms with E-state index in [0.29, 0.717) is 0 Å². The van der Waals surface area contributed by atoms with Crippen LogP contribution in [0.4, 0.5) is 0 Å². The molecule has 0 fully saturated rings. The van der Waals surface area contributed by atoms with E-state index in [1.54, 1.807) is 11.8 Å². The molecular weight excluding hydrogens is 274 g/mol. The van der Waals surface area contributed by atoms with Crippen molar-refractivity contribution in [1.29, 1.82) is 0 Å². The van der Waals surface area contributed by atoms with E-state index in [-0.39, 0.29) is 6.04 Å². The van der Waals surface area contributed by atoms with Gasteiger partial charge in [0.25, 0.3) is 0 Å². The predicted molar refractivity (Wildman–Crippen MR) is 93.1 cm³/mol. The predicted octanol–water partition coefficient (Wildman–Crippen LogP) is 4.87. The minimum absolute atomic E-state index is 0.221. The lowest BCUT2D eigenvalue weighted by Gasteiger charge is -2.20. The molecule has 3 rings (SSSR count). The molecule has 21 heavy (non-hydrogen) atoms. The van der Waals surface area contributed by atoms with Crippen LogP contribution >= 0.6 is 11.8 Å². The van der Waals surface area contributed by atoms with Crippen molar-refractivity contribution in [3.05, 3.63) is 77.9 Å². The van der Waals surface area contributed by atoms with Crippen LogP contribution in [-0.2, 0) is 0 Å². The second kappa shape index (κ2) is 6.33. The van der Waals surface area contributed by atoms with Crippen molar-refractivity contribution in [3.63, 3.8) is 0 Å². The number of nitrogens with one attached hydrogen (secondary N) is 1. The average molecular weight is 293 g/mol. The number of fused-ring (bicyclic) bond motifs is 1. The Bertz CT molecular complexity index is 751. The molecule has 0 spiro atoms. The molecule has 0 aliphatic rings. The van der Waals surface area contributed by atoms with Crippen LogP contribution in [0.15, 0.2) is 71.6 Å². The molecule has 106 valence electrons. The second-order valence-corrected chi connectivity index (χ2v) is 5.92. The van der Waals surface area contributed by atoms with E-state index in [1.165, 1.54) is 26.8 Å². The van der Waals surface area contributed by atoms with Crippen molar-refractivity contribution in [2.45, 2.75) is 10.9 Å². The van der Waals surface area contributed by atoms with E-state index in [0.717, 1.165) is 0 Å². The summed E-state index contributed by atoms with van der Waals surface area (Å²) in [5, 5.41) is 6.04. The standard InChI is InChI=1S/C19H19NS/c1-20-19(17-9-5-6-10-18(17)21-2)16-12-11-14-7-3-4-8-15(14)13-16/h3-13,19-20H,1-2H3. The van der Waals surface area contributed by atoms with Gasteiger partial charge in [0.1, 0.15) is 0 Å². The maximum absolute atomic E-state index is 3.46. The first kappa shape index (κ1) is 14.2. The van der Waals surface area contributed by atoms with Gasteiger partial charge in [-0.2, -0.15) is 0 Å². The highest BCUT2D eigenvalue weighted by molar-refractivity contribution is 7.98. The lowest BCUT2D eigenvalue weighted by Crippen LogP contribution is -2.18. The SMILES string of the molecule is CNC(c1ccc2ccccc2c1)c1ccccc1SC. The molecular formula is C19H19NS. The molecule has 0 saturated carbocycles. The largest absolute Gasteiger partial charge is 0.309 e. The zero-order valence-corrected chi connectivity index (χ0v) is 13.2. The van der Waals surface area contributed by atoms with E-state index in [4.69, 9.17) is 0 Å². The van der Waals surface area contributed by atoms with Crippen LogP contribution < -0.4 is 5.32 Å². The van der Waals surface area contributed by atoms with Crippen LogP contribution in [0.25, 0.3) is 10.8 Å². The van der Waals surface area contributed by atoms with Gasteiger partial charge in [0.15, 0.2) is 0 Å². The van der Waals surface area contributed by atoms with Gasteiger partial charge in [-0.3, -0.25) is 0 Å². The Hall–Kier alpha value is -1.77. The van der Waals surface area contributed by atoms with Crippen LogP contribution in [0.2, 0.25) is 0 Å². The Kier molecular flexibility index (Phi) is 4.28. The van der Waals surface area contributed by atoms with Gasteiger partial charge >= 0.3 is 0 Å². The topological polar surface area (TPSA) is 12.0 Å². The van der Waals surface area contributed by atoms with E-state index < -0.39 is 0 Å². The molecule has 0 amide bonds. The number of benzene rings is 3. The molecule has 0 aromatic heterocycles. The van der Waals surface area contributed by atoms with Gasteiger partial charge < -0.3 is 5.32 Å². The van der Waals surface area contributed by atoms with Crippen molar-refractivity contribution < 1.29 is 0 Å². The van der Waals surface area contributed by atoms with Crippen molar-refractivity contribution in [2.75, 3.05) is 13.3 Å². The Balaban J connectivity index is 2.09. The summed E-state index contributed by atoms with van der Waals surface area (Å²) in [6.07, 6.45) is 2.13. The molecule has 1 unspecified atom stereocenters.